The lowest BCUT2D eigenvalue weighted by molar-refractivity contribution is -0.138. The van der Waals surface area contributed by atoms with Gasteiger partial charge in [-0.15, -0.1) is 0 Å². The minimum atomic E-state index is -4.54. The van der Waals surface area contributed by atoms with Gasteiger partial charge in [0.2, 0.25) is 0 Å². The van der Waals surface area contributed by atoms with Gasteiger partial charge in [-0.3, -0.25) is 9.69 Å². The second-order valence-corrected chi connectivity index (χ2v) is 10.2. The number of likely N-dealkylation sites (N-methyl/N-ethyl adjacent to an activating group) is 1. The molecule has 0 radical (unpaired) electrons. The Morgan fingerprint density at radius 2 is 1.98 bits per heavy atom. The summed E-state index contributed by atoms with van der Waals surface area (Å²) in [6, 6.07) is 11.1. The van der Waals surface area contributed by atoms with Crippen LogP contribution in [0.25, 0.3) is 5.65 Å². The van der Waals surface area contributed by atoms with Crippen molar-refractivity contribution in [3.63, 3.8) is 0 Å². The van der Waals surface area contributed by atoms with E-state index in [1.54, 1.807) is 47.4 Å². The quantitative estimate of drug-likeness (QED) is 0.363. The average molecular weight is 547 g/mol. The third-order valence-electron chi connectivity index (χ3n) is 7.13. The van der Waals surface area contributed by atoms with Crippen molar-refractivity contribution in [3.05, 3.63) is 94.4 Å². The fourth-order valence-electron chi connectivity index (χ4n) is 4.79. The molecule has 0 unspecified atom stereocenters. The molecule has 0 spiro atoms. The van der Waals surface area contributed by atoms with Gasteiger partial charge in [0.05, 0.1) is 17.3 Å². The number of hydrogen-bond donors (Lipinski definition) is 1. The van der Waals surface area contributed by atoms with Crippen LogP contribution in [0.2, 0.25) is 0 Å². The van der Waals surface area contributed by atoms with Gasteiger partial charge in [0, 0.05) is 61.0 Å². The number of fused-ring (bicyclic) bond motifs is 1. The predicted octanol–water partition coefficient (Wildman–Crippen LogP) is 4.84. The van der Waals surface area contributed by atoms with Crippen LogP contribution < -0.4 is 5.32 Å². The molecule has 2 aromatic heterocycles. The zero-order valence-corrected chi connectivity index (χ0v) is 22.5. The predicted molar refractivity (Wildman–Crippen MR) is 147 cm³/mol. The summed E-state index contributed by atoms with van der Waals surface area (Å²) in [6.07, 6.45) is 1.42. The molecular formula is C30H29F3N6O. The fourth-order valence-corrected chi connectivity index (χ4v) is 4.79. The Morgan fingerprint density at radius 1 is 1.15 bits per heavy atom. The number of rotatable bonds is 5. The van der Waals surface area contributed by atoms with Crippen LogP contribution in [0.4, 0.5) is 18.9 Å². The average Bonchev–Trinajstić information content (AvgIpc) is 3.58. The van der Waals surface area contributed by atoms with Crippen molar-refractivity contribution in [3.8, 4) is 11.8 Å². The zero-order valence-electron chi connectivity index (χ0n) is 22.5. The van der Waals surface area contributed by atoms with Crippen LogP contribution in [0, 0.1) is 18.8 Å². The summed E-state index contributed by atoms with van der Waals surface area (Å²) < 4.78 is 43.6. The smallest absolute Gasteiger partial charge is 0.322 e. The highest BCUT2D eigenvalue weighted by Gasteiger charge is 2.35. The van der Waals surface area contributed by atoms with E-state index in [0.29, 0.717) is 28.4 Å². The van der Waals surface area contributed by atoms with Crippen molar-refractivity contribution in [2.45, 2.75) is 32.1 Å². The van der Waals surface area contributed by atoms with E-state index in [1.165, 1.54) is 12.1 Å². The summed E-state index contributed by atoms with van der Waals surface area (Å²) in [4.78, 5) is 21.4. The number of nitrogens with one attached hydrogen (secondary N) is 1. The van der Waals surface area contributed by atoms with Crippen molar-refractivity contribution >= 4 is 17.2 Å². The summed E-state index contributed by atoms with van der Waals surface area (Å²) in [6.45, 7) is 3.54. The Bertz CT molecular complexity index is 1620. The molecule has 3 heterocycles. The number of nitrogens with zero attached hydrogens (tertiary/aromatic N) is 5. The standard InChI is InChI=1S/C30H29F3N6O/c1-20-4-6-23(14-22(20)7-5-21-16-34-28-10-12-35-39(28)17-21)29(40)36-25-9-8-24(27(15-25)30(31,32)33)18-38-13-11-26(19-38)37(2)3/h4,6,8-10,12,14-17,26H,11,13,18-19H2,1-3H3,(H,36,40)/t26-/m1/s1. The maximum atomic E-state index is 14.0. The van der Waals surface area contributed by atoms with Crippen molar-refractivity contribution in [2.24, 2.45) is 0 Å². The second kappa shape index (κ2) is 11.1. The molecule has 0 bridgehead atoms. The highest BCUT2D eigenvalue weighted by molar-refractivity contribution is 6.04. The van der Waals surface area contributed by atoms with E-state index in [2.05, 4.69) is 32.1 Å². The maximum absolute atomic E-state index is 14.0. The third kappa shape index (κ3) is 6.17. The Morgan fingerprint density at radius 3 is 2.73 bits per heavy atom. The van der Waals surface area contributed by atoms with Gasteiger partial charge in [-0.1, -0.05) is 24.0 Å². The van der Waals surface area contributed by atoms with Gasteiger partial charge in [0.15, 0.2) is 5.65 Å². The molecule has 5 rings (SSSR count). The normalized spacial score (nSPS) is 15.8. The number of likely N-dealkylation sites (tertiary alicyclic amines) is 1. The van der Waals surface area contributed by atoms with Crippen LogP contribution in [-0.4, -0.2) is 63.5 Å². The van der Waals surface area contributed by atoms with E-state index in [-0.39, 0.29) is 17.8 Å². The minimum Gasteiger partial charge on any atom is -0.322 e. The van der Waals surface area contributed by atoms with Crippen molar-refractivity contribution in [2.75, 3.05) is 32.5 Å². The van der Waals surface area contributed by atoms with E-state index in [9.17, 15) is 18.0 Å². The first kappa shape index (κ1) is 27.4. The Hall–Kier alpha value is -4.20. The third-order valence-corrected chi connectivity index (χ3v) is 7.13. The van der Waals surface area contributed by atoms with Crippen LogP contribution in [0.1, 0.15) is 44.6 Å². The van der Waals surface area contributed by atoms with E-state index in [1.807, 2.05) is 25.9 Å². The number of hydrogen-bond acceptors (Lipinski definition) is 5. The first-order chi connectivity index (χ1) is 19.1. The number of carbonyl (C=O) groups is 1. The lowest BCUT2D eigenvalue weighted by atomic mass is 10.0. The molecular weight excluding hydrogens is 517 g/mol. The number of aryl methyl sites for hydroxylation is 1. The molecule has 1 saturated heterocycles. The van der Waals surface area contributed by atoms with E-state index >= 15 is 0 Å². The van der Waals surface area contributed by atoms with Gasteiger partial charge >= 0.3 is 6.18 Å². The number of carbonyl (C=O) groups excluding carboxylic acids is 1. The maximum Gasteiger partial charge on any atom is 0.416 e. The summed E-state index contributed by atoms with van der Waals surface area (Å²) in [5, 5.41) is 6.77. The Kier molecular flexibility index (Phi) is 7.61. The van der Waals surface area contributed by atoms with Gasteiger partial charge < -0.3 is 10.2 Å². The second-order valence-electron chi connectivity index (χ2n) is 10.2. The molecule has 4 aromatic rings. The van der Waals surface area contributed by atoms with Gasteiger partial charge in [-0.05, 0) is 62.8 Å². The lowest BCUT2D eigenvalue weighted by Gasteiger charge is -2.22. The van der Waals surface area contributed by atoms with Crippen molar-refractivity contribution < 1.29 is 18.0 Å². The molecule has 1 aliphatic rings. The number of amides is 1. The summed E-state index contributed by atoms with van der Waals surface area (Å²) >= 11 is 0. The van der Waals surface area contributed by atoms with Crippen LogP contribution in [-0.2, 0) is 12.7 Å². The summed E-state index contributed by atoms with van der Waals surface area (Å²) in [5.74, 6) is 5.57. The van der Waals surface area contributed by atoms with Crippen molar-refractivity contribution in [1.82, 2.24) is 24.4 Å². The highest BCUT2D eigenvalue weighted by atomic mass is 19.4. The number of benzene rings is 2. The number of aromatic nitrogens is 3. The molecule has 2 aromatic carbocycles. The molecule has 1 amide bonds. The number of anilines is 1. The van der Waals surface area contributed by atoms with Gasteiger partial charge in [-0.25, -0.2) is 9.50 Å². The van der Waals surface area contributed by atoms with Crippen LogP contribution in [0.15, 0.2) is 61.1 Å². The van der Waals surface area contributed by atoms with Gasteiger partial charge in [0.1, 0.15) is 0 Å². The van der Waals surface area contributed by atoms with E-state index in [4.69, 9.17) is 0 Å². The van der Waals surface area contributed by atoms with Crippen LogP contribution >= 0.6 is 0 Å². The topological polar surface area (TPSA) is 65.8 Å². The molecule has 1 aliphatic heterocycles. The van der Waals surface area contributed by atoms with E-state index < -0.39 is 17.6 Å². The number of alkyl halides is 3. The molecule has 40 heavy (non-hydrogen) atoms. The molecule has 1 N–H and O–H groups in total. The first-order valence-electron chi connectivity index (χ1n) is 12.9. The van der Waals surface area contributed by atoms with Crippen LogP contribution in [0.5, 0.6) is 0 Å². The monoisotopic (exact) mass is 546 g/mol. The van der Waals surface area contributed by atoms with Gasteiger partial charge in [0.25, 0.3) is 5.91 Å². The van der Waals surface area contributed by atoms with Crippen LogP contribution in [0.3, 0.4) is 0 Å². The SMILES string of the molecule is Cc1ccc(C(=O)Nc2ccc(CN3CC[C@@H](N(C)C)C3)c(C(F)(F)F)c2)cc1C#Cc1cnc2ccnn2c1. The molecule has 1 atom stereocenters. The molecule has 7 nitrogen and oxygen atoms in total. The van der Waals surface area contributed by atoms with Crippen molar-refractivity contribution in [1.29, 1.82) is 0 Å². The lowest BCUT2D eigenvalue weighted by Crippen LogP contribution is -2.31. The fraction of sp³-hybridized carbons (Fsp3) is 0.300. The largest absolute Gasteiger partial charge is 0.416 e. The zero-order chi connectivity index (χ0) is 28.4. The summed E-state index contributed by atoms with van der Waals surface area (Å²) in [7, 11) is 3.96. The molecule has 10 heteroatoms. The summed E-state index contributed by atoms with van der Waals surface area (Å²) in [5.41, 5.74) is 2.67. The van der Waals surface area contributed by atoms with Gasteiger partial charge in [-0.2, -0.15) is 18.3 Å². The minimum absolute atomic E-state index is 0.0838. The molecule has 1 fully saturated rings. The Labute approximate surface area is 230 Å². The molecule has 206 valence electrons. The Balaban J connectivity index is 1.33. The molecule has 0 saturated carbocycles. The number of halogens is 3. The molecule has 0 aliphatic carbocycles. The first-order valence-corrected chi connectivity index (χ1v) is 12.9. The van der Waals surface area contributed by atoms with E-state index in [0.717, 1.165) is 31.1 Å². The highest BCUT2D eigenvalue weighted by Crippen LogP contribution is 2.35.